The average Bonchev–Trinajstić information content (AvgIpc) is 2.41. The van der Waals surface area contributed by atoms with Gasteiger partial charge in [0.25, 0.3) is 0 Å². The van der Waals surface area contributed by atoms with Crippen LogP contribution in [-0.4, -0.2) is 11.9 Å². The first kappa shape index (κ1) is 13.5. The van der Waals surface area contributed by atoms with E-state index in [0.717, 1.165) is 12.1 Å². The molecule has 0 atom stereocenters. The van der Waals surface area contributed by atoms with E-state index in [2.05, 4.69) is 36.6 Å². The van der Waals surface area contributed by atoms with Gasteiger partial charge >= 0.3 is 0 Å². The molecule has 0 saturated heterocycles. The number of hydrogen-bond donors (Lipinski definition) is 2. The molecule has 108 valence electrons. The molecule has 3 rings (SSSR count). The molecule has 1 aromatic rings. The molecule has 0 spiro atoms. The van der Waals surface area contributed by atoms with Crippen molar-refractivity contribution >= 4 is 17.3 Å². The van der Waals surface area contributed by atoms with Gasteiger partial charge in [-0.2, -0.15) is 0 Å². The zero-order chi connectivity index (χ0) is 14.2. The SMILES string of the molecule is CC1(C)CCC(Nc2ccc3c(c2)CCC(=O)N3)CC1. The number of benzene rings is 1. The van der Waals surface area contributed by atoms with E-state index in [4.69, 9.17) is 0 Å². The molecule has 2 aliphatic rings. The topological polar surface area (TPSA) is 41.1 Å². The summed E-state index contributed by atoms with van der Waals surface area (Å²) in [6, 6.07) is 6.92. The highest BCUT2D eigenvalue weighted by Gasteiger charge is 2.26. The molecule has 1 heterocycles. The Labute approximate surface area is 121 Å². The van der Waals surface area contributed by atoms with Gasteiger partial charge in [-0.15, -0.1) is 0 Å². The van der Waals surface area contributed by atoms with Gasteiger partial charge < -0.3 is 10.6 Å². The van der Waals surface area contributed by atoms with E-state index in [1.165, 1.54) is 36.9 Å². The van der Waals surface area contributed by atoms with Gasteiger partial charge in [0.2, 0.25) is 5.91 Å². The Hall–Kier alpha value is -1.51. The van der Waals surface area contributed by atoms with E-state index in [-0.39, 0.29) is 5.91 Å². The zero-order valence-electron chi connectivity index (χ0n) is 12.5. The number of carbonyl (C=O) groups is 1. The summed E-state index contributed by atoms with van der Waals surface area (Å²) in [4.78, 5) is 11.4. The van der Waals surface area contributed by atoms with Crippen LogP contribution in [0.2, 0.25) is 0 Å². The highest BCUT2D eigenvalue weighted by molar-refractivity contribution is 5.94. The molecule has 20 heavy (non-hydrogen) atoms. The van der Waals surface area contributed by atoms with Crippen LogP contribution in [0.5, 0.6) is 0 Å². The predicted molar refractivity (Wildman–Crippen MR) is 83.1 cm³/mol. The Morgan fingerprint density at radius 1 is 1.20 bits per heavy atom. The molecule has 1 aliphatic carbocycles. The molecular weight excluding hydrogens is 248 g/mol. The third kappa shape index (κ3) is 2.97. The lowest BCUT2D eigenvalue weighted by Crippen LogP contribution is -2.30. The van der Waals surface area contributed by atoms with Crippen molar-refractivity contribution in [3.63, 3.8) is 0 Å². The van der Waals surface area contributed by atoms with Crippen LogP contribution in [0.15, 0.2) is 18.2 Å². The Morgan fingerprint density at radius 3 is 2.70 bits per heavy atom. The maximum atomic E-state index is 11.4. The molecular formula is C17H24N2O. The summed E-state index contributed by atoms with van der Waals surface area (Å²) in [6.45, 7) is 4.73. The van der Waals surface area contributed by atoms with Crippen LogP contribution >= 0.6 is 0 Å². The first-order valence-electron chi connectivity index (χ1n) is 7.71. The molecule has 1 fully saturated rings. The third-order valence-corrected chi connectivity index (χ3v) is 4.71. The summed E-state index contributed by atoms with van der Waals surface area (Å²) in [6.07, 6.45) is 6.56. The minimum atomic E-state index is 0.132. The standard InChI is InChI=1S/C17H24N2O/c1-17(2)9-7-13(8-10-17)18-14-4-5-15-12(11-14)3-6-16(20)19-15/h4-5,11,13,18H,3,6-10H2,1-2H3,(H,19,20). The second-order valence-electron chi connectivity index (χ2n) is 7.00. The number of rotatable bonds is 2. The Kier molecular flexibility index (Phi) is 3.45. The van der Waals surface area contributed by atoms with E-state index < -0.39 is 0 Å². The van der Waals surface area contributed by atoms with Gasteiger partial charge in [0, 0.05) is 23.8 Å². The summed E-state index contributed by atoms with van der Waals surface area (Å²) in [5.41, 5.74) is 3.95. The number of carbonyl (C=O) groups excluding carboxylic acids is 1. The normalized spacial score (nSPS) is 22.0. The van der Waals surface area contributed by atoms with Gasteiger partial charge in [0.15, 0.2) is 0 Å². The summed E-state index contributed by atoms with van der Waals surface area (Å²) in [5.74, 6) is 0.132. The lowest BCUT2D eigenvalue weighted by atomic mass is 9.75. The summed E-state index contributed by atoms with van der Waals surface area (Å²) >= 11 is 0. The van der Waals surface area contributed by atoms with Crippen molar-refractivity contribution in [3.05, 3.63) is 23.8 Å². The maximum absolute atomic E-state index is 11.4. The third-order valence-electron chi connectivity index (χ3n) is 4.71. The van der Waals surface area contributed by atoms with Crippen LogP contribution in [0, 0.1) is 5.41 Å². The molecule has 0 aromatic heterocycles. The van der Waals surface area contributed by atoms with Crippen molar-refractivity contribution < 1.29 is 4.79 Å². The number of hydrogen-bond acceptors (Lipinski definition) is 2. The Morgan fingerprint density at radius 2 is 1.95 bits per heavy atom. The van der Waals surface area contributed by atoms with Gasteiger partial charge in [0.1, 0.15) is 0 Å². The molecule has 3 heteroatoms. The van der Waals surface area contributed by atoms with E-state index in [1.807, 2.05) is 6.07 Å². The van der Waals surface area contributed by atoms with E-state index >= 15 is 0 Å². The summed E-state index contributed by atoms with van der Waals surface area (Å²) < 4.78 is 0. The zero-order valence-corrected chi connectivity index (χ0v) is 12.5. The molecule has 1 aliphatic heterocycles. The monoisotopic (exact) mass is 272 g/mol. The second kappa shape index (κ2) is 5.12. The lowest BCUT2D eigenvalue weighted by molar-refractivity contribution is -0.116. The highest BCUT2D eigenvalue weighted by atomic mass is 16.1. The minimum Gasteiger partial charge on any atom is -0.382 e. The van der Waals surface area contributed by atoms with Crippen molar-refractivity contribution in [3.8, 4) is 0 Å². The molecule has 0 bridgehead atoms. The summed E-state index contributed by atoms with van der Waals surface area (Å²) in [5, 5.41) is 6.60. The number of fused-ring (bicyclic) bond motifs is 1. The van der Waals surface area contributed by atoms with Gasteiger partial charge in [-0.1, -0.05) is 13.8 Å². The van der Waals surface area contributed by atoms with Gasteiger partial charge in [-0.25, -0.2) is 0 Å². The van der Waals surface area contributed by atoms with Crippen molar-refractivity contribution in [1.29, 1.82) is 0 Å². The van der Waals surface area contributed by atoms with Crippen molar-refractivity contribution in [2.75, 3.05) is 10.6 Å². The number of aryl methyl sites for hydroxylation is 1. The smallest absolute Gasteiger partial charge is 0.224 e. The largest absolute Gasteiger partial charge is 0.382 e. The fraction of sp³-hybridized carbons (Fsp3) is 0.588. The van der Waals surface area contributed by atoms with Crippen molar-refractivity contribution in [1.82, 2.24) is 0 Å². The molecule has 2 N–H and O–H groups in total. The van der Waals surface area contributed by atoms with Crippen molar-refractivity contribution in [2.45, 2.75) is 58.4 Å². The quantitative estimate of drug-likeness (QED) is 0.856. The molecule has 1 saturated carbocycles. The van der Waals surface area contributed by atoms with Crippen LogP contribution in [0.1, 0.15) is 51.5 Å². The van der Waals surface area contributed by atoms with E-state index in [0.29, 0.717) is 17.9 Å². The van der Waals surface area contributed by atoms with E-state index in [1.54, 1.807) is 0 Å². The minimum absolute atomic E-state index is 0.132. The molecule has 0 unspecified atom stereocenters. The Bertz CT molecular complexity index is 512. The second-order valence-corrected chi connectivity index (χ2v) is 7.00. The predicted octanol–water partition coefficient (Wildman–Crippen LogP) is 3.95. The van der Waals surface area contributed by atoms with Crippen LogP contribution in [0.3, 0.4) is 0 Å². The van der Waals surface area contributed by atoms with E-state index in [9.17, 15) is 4.79 Å². The van der Waals surface area contributed by atoms with Gasteiger partial charge in [-0.05, 0) is 61.3 Å². The molecule has 0 radical (unpaired) electrons. The molecule has 3 nitrogen and oxygen atoms in total. The number of nitrogens with one attached hydrogen (secondary N) is 2. The Balaban J connectivity index is 1.65. The maximum Gasteiger partial charge on any atom is 0.224 e. The van der Waals surface area contributed by atoms with Crippen LogP contribution < -0.4 is 10.6 Å². The number of amides is 1. The van der Waals surface area contributed by atoms with Gasteiger partial charge in [0.05, 0.1) is 0 Å². The first-order chi connectivity index (χ1) is 9.52. The average molecular weight is 272 g/mol. The molecule has 1 aromatic carbocycles. The first-order valence-corrected chi connectivity index (χ1v) is 7.71. The fourth-order valence-corrected chi connectivity index (χ4v) is 3.25. The van der Waals surface area contributed by atoms with Crippen LogP contribution in [-0.2, 0) is 11.2 Å². The fourth-order valence-electron chi connectivity index (χ4n) is 3.25. The van der Waals surface area contributed by atoms with Crippen molar-refractivity contribution in [2.24, 2.45) is 5.41 Å². The highest BCUT2D eigenvalue weighted by Crippen LogP contribution is 2.36. The lowest BCUT2D eigenvalue weighted by Gasteiger charge is -2.35. The van der Waals surface area contributed by atoms with Gasteiger partial charge in [-0.3, -0.25) is 4.79 Å². The molecule has 1 amide bonds. The number of anilines is 2. The van der Waals surface area contributed by atoms with Crippen LogP contribution in [0.4, 0.5) is 11.4 Å². The van der Waals surface area contributed by atoms with Crippen LogP contribution in [0.25, 0.3) is 0 Å². The summed E-state index contributed by atoms with van der Waals surface area (Å²) in [7, 11) is 0.